The molecular weight excluding hydrogens is 561 g/mol. The van der Waals surface area contributed by atoms with Gasteiger partial charge in [-0.05, 0) is 60.5 Å². The minimum absolute atomic E-state index is 0.0330. The summed E-state index contributed by atoms with van der Waals surface area (Å²) in [6.45, 7) is 0.0959. The Labute approximate surface area is 235 Å². The SMILES string of the molecule is N[C@@H](Cc1ccccc1)C(=O)N(CCCCNS(=O)(=O)c1ccc(F)cc1Cl)C(=O)c1cc2ccccc2s1. The van der Waals surface area contributed by atoms with Gasteiger partial charge in [0.1, 0.15) is 10.7 Å². The minimum atomic E-state index is -3.96. The Morgan fingerprint density at radius 1 is 1.00 bits per heavy atom. The fourth-order valence-corrected chi connectivity index (χ4v) is 6.68. The summed E-state index contributed by atoms with van der Waals surface area (Å²) < 4.78 is 41.8. The summed E-state index contributed by atoms with van der Waals surface area (Å²) >= 11 is 7.19. The van der Waals surface area contributed by atoms with Crippen LogP contribution in [0.2, 0.25) is 5.02 Å². The molecule has 0 fully saturated rings. The molecule has 2 amide bonds. The van der Waals surface area contributed by atoms with Crippen molar-refractivity contribution in [2.45, 2.75) is 30.2 Å². The second-order valence-corrected chi connectivity index (χ2v) is 12.1. The number of hydrogen-bond donors (Lipinski definition) is 2. The molecule has 0 saturated carbocycles. The predicted molar refractivity (Wildman–Crippen MR) is 152 cm³/mol. The maximum atomic E-state index is 13.5. The van der Waals surface area contributed by atoms with E-state index in [0.29, 0.717) is 17.7 Å². The minimum Gasteiger partial charge on any atom is -0.320 e. The molecule has 1 aromatic heterocycles. The van der Waals surface area contributed by atoms with E-state index in [4.69, 9.17) is 17.3 Å². The first kappa shape index (κ1) is 28.8. The molecule has 0 bridgehead atoms. The Bertz CT molecular complexity index is 1550. The van der Waals surface area contributed by atoms with E-state index >= 15 is 0 Å². The number of imide groups is 1. The Balaban J connectivity index is 1.43. The lowest BCUT2D eigenvalue weighted by atomic mass is 10.1. The fourth-order valence-electron chi connectivity index (χ4n) is 4.06. The Morgan fingerprint density at radius 2 is 1.72 bits per heavy atom. The van der Waals surface area contributed by atoms with Crippen LogP contribution in [0.5, 0.6) is 0 Å². The predicted octanol–water partition coefficient (Wildman–Crippen LogP) is 4.99. The summed E-state index contributed by atoms with van der Waals surface area (Å²) in [5, 5.41) is 0.682. The second-order valence-electron chi connectivity index (χ2n) is 8.92. The number of carbonyl (C=O) groups excluding carboxylic acids is 2. The molecule has 4 rings (SSSR count). The summed E-state index contributed by atoms with van der Waals surface area (Å²) in [4.78, 5) is 28.2. The first-order valence-electron chi connectivity index (χ1n) is 12.2. The first-order chi connectivity index (χ1) is 18.7. The first-order valence-corrected chi connectivity index (χ1v) is 14.9. The number of rotatable bonds is 11. The van der Waals surface area contributed by atoms with Gasteiger partial charge in [-0.25, -0.2) is 17.5 Å². The maximum Gasteiger partial charge on any atom is 0.270 e. The topological polar surface area (TPSA) is 110 Å². The normalized spacial score (nSPS) is 12.4. The average molecular weight is 588 g/mol. The number of amides is 2. The third kappa shape index (κ3) is 7.28. The molecule has 0 aliphatic carbocycles. The molecule has 4 aromatic rings. The van der Waals surface area contributed by atoms with Crippen LogP contribution in [0.4, 0.5) is 4.39 Å². The average Bonchev–Trinajstić information content (AvgIpc) is 3.35. The molecule has 39 heavy (non-hydrogen) atoms. The number of sulfonamides is 1. The molecule has 204 valence electrons. The van der Waals surface area contributed by atoms with Gasteiger partial charge in [-0.15, -0.1) is 11.3 Å². The third-order valence-electron chi connectivity index (χ3n) is 6.05. The van der Waals surface area contributed by atoms with E-state index in [2.05, 4.69) is 4.72 Å². The van der Waals surface area contributed by atoms with Gasteiger partial charge >= 0.3 is 0 Å². The molecule has 3 aromatic carbocycles. The van der Waals surface area contributed by atoms with Crippen molar-refractivity contribution >= 4 is 54.9 Å². The van der Waals surface area contributed by atoms with Crippen molar-refractivity contribution in [3.63, 3.8) is 0 Å². The number of carbonyl (C=O) groups is 2. The van der Waals surface area contributed by atoms with E-state index in [1.807, 2.05) is 54.6 Å². The van der Waals surface area contributed by atoms with Gasteiger partial charge in [0.05, 0.1) is 15.9 Å². The van der Waals surface area contributed by atoms with Gasteiger partial charge < -0.3 is 5.73 Å². The number of nitrogens with two attached hydrogens (primary N) is 1. The molecule has 1 heterocycles. The van der Waals surface area contributed by atoms with E-state index in [-0.39, 0.29) is 29.4 Å². The van der Waals surface area contributed by atoms with E-state index in [1.54, 1.807) is 6.07 Å². The van der Waals surface area contributed by atoms with Gasteiger partial charge in [0.15, 0.2) is 0 Å². The lowest BCUT2D eigenvalue weighted by molar-refractivity contribution is -0.130. The van der Waals surface area contributed by atoms with Gasteiger partial charge in [-0.3, -0.25) is 14.5 Å². The Hall–Kier alpha value is -3.15. The van der Waals surface area contributed by atoms with Crippen molar-refractivity contribution in [2.75, 3.05) is 13.1 Å². The fraction of sp³-hybridized carbons (Fsp3) is 0.214. The summed E-state index contributed by atoms with van der Waals surface area (Å²) in [5.74, 6) is -1.58. The molecule has 3 N–H and O–H groups in total. The van der Waals surface area contributed by atoms with Crippen LogP contribution in [0.1, 0.15) is 28.1 Å². The summed E-state index contributed by atoms with van der Waals surface area (Å²) in [6.07, 6.45) is 0.934. The molecule has 1 atom stereocenters. The van der Waals surface area contributed by atoms with Gasteiger partial charge in [0.25, 0.3) is 5.91 Å². The van der Waals surface area contributed by atoms with Crippen molar-refractivity contribution in [2.24, 2.45) is 5.73 Å². The second kappa shape index (κ2) is 12.8. The standard InChI is InChI=1S/C28H27ClFN3O4S2/c29-22-18-21(30)12-13-26(22)39(36,37)32-14-6-7-15-33(27(34)23(31)16-19-8-2-1-3-9-19)28(35)25-17-20-10-4-5-11-24(20)38-25/h1-5,8-13,17-18,23,32H,6-7,14-16,31H2/t23-/m0/s1. The van der Waals surface area contributed by atoms with Gasteiger partial charge in [0, 0.05) is 17.8 Å². The van der Waals surface area contributed by atoms with Crippen molar-refractivity contribution in [3.05, 3.63) is 100 Å². The number of fused-ring (bicyclic) bond motifs is 1. The van der Waals surface area contributed by atoms with Crippen LogP contribution in [0.25, 0.3) is 10.1 Å². The van der Waals surface area contributed by atoms with Crippen molar-refractivity contribution in [1.82, 2.24) is 9.62 Å². The van der Waals surface area contributed by atoms with E-state index in [1.165, 1.54) is 11.3 Å². The van der Waals surface area contributed by atoms with Crippen LogP contribution >= 0.6 is 22.9 Å². The maximum absolute atomic E-state index is 13.5. The van der Waals surface area contributed by atoms with Crippen LogP contribution in [0.3, 0.4) is 0 Å². The van der Waals surface area contributed by atoms with Gasteiger partial charge in [0.2, 0.25) is 15.9 Å². The smallest absolute Gasteiger partial charge is 0.270 e. The van der Waals surface area contributed by atoms with Crippen molar-refractivity contribution < 1.29 is 22.4 Å². The zero-order valence-electron chi connectivity index (χ0n) is 20.8. The molecule has 0 saturated heterocycles. The molecule has 0 aliphatic heterocycles. The van der Waals surface area contributed by atoms with Crippen LogP contribution < -0.4 is 10.5 Å². The number of hydrogen-bond acceptors (Lipinski definition) is 6. The lowest BCUT2D eigenvalue weighted by Crippen LogP contribution is -2.48. The molecule has 0 spiro atoms. The van der Waals surface area contributed by atoms with E-state index < -0.39 is 33.7 Å². The number of thiophene rings is 1. The zero-order chi connectivity index (χ0) is 28.0. The quantitative estimate of drug-likeness (QED) is 0.240. The summed E-state index contributed by atoms with van der Waals surface area (Å²) in [5.41, 5.74) is 7.12. The molecule has 0 radical (unpaired) electrons. The largest absolute Gasteiger partial charge is 0.320 e. The van der Waals surface area contributed by atoms with E-state index in [0.717, 1.165) is 38.7 Å². The summed E-state index contributed by atoms with van der Waals surface area (Å²) in [6, 6.07) is 20.7. The van der Waals surface area contributed by atoms with Crippen LogP contribution in [0, 0.1) is 5.82 Å². The molecule has 7 nitrogen and oxygen atoms in total. The molecule has 11 heteroatoms. The highest BCUT2D eigenvalue weighted by Crippen LogP contribution is 2.27. The molecule has 0 aliphatic rings. The Kier molecular flexibility index (Phi) is 9.47. The van der Waals surface area contributed by atoms with Crippen LogP contribution in [-0.2, 0) is 21.2 Å². The highest BCUT2D eigenvalue weighted by Gasteiger charge is 2.28. The lowest BCUT2D eigenvalue weighted by Gasteiger charge is -2.24. The van der Waals surface area contributed by atoms with Gasteiger partial charge in [-0.2, -0.15) is 0 Å². The molecule has 0 unspecified atom stereocenters. The number of unbranched alkanes of at least 4 members (excludes halogenated alkanes) is 1. The monoisotopic (exact) mass is 587 g/mol. The van der Waals surface area contributed by atoms with Crippen LogP contribution in [0.15, 0.2) is 83.8 Å². The number of benzene rings is 3. The van der Waals surface area contributed by atoms with Crippen molar-refractivity contribution in [3.8, 4) is 0 Å². The number of nitrogens with one attached hydrogen (secondary N) is 1. The number of nitrogens with zero attached hydrogens (tertiary/aromatic N) is 1. The van der Waals surface area contributed by atoms with Gasteiger partial charge in [-0.1, -0.05) is 60.1 Å². The number of halogens is 2. The van der Waals surface area contributed by atoms with Crippen molar-refractivity contribution in [1.29, 1.82) is 0 Å². The molecular formula is C28H27ClFN3O4S2. The highest BCUT2D eigenvalue weighted by atomic mass is 35.5. The van der Waals surface area contributed by atoms with Crippen LogP contribution in [-0.4, -0.2) is 44.3 Å². The highest BCUT2D eigenvalue weighted by molar-refractivity contribution is 7.89. The third-order valence-corrected chi connectivity index (χ3v) is 9.10. The Morgan fingerprint density at radius 3 is 2.44 bits per heavy atom. The zero-order valence-corrected chi connectivity index (χ0v) is 23.2. The summed E-state index contributed by atoms with van der Waals surface area (Å²) in [7, 11) is -3.96. The van der Waals surface area contributed by atoms with E-state index in [9.17, 15) is 22.4 Å².